The van der Waals surface area contributed by atoms with Crippen molar-refractivity contribution in [2.24, 2.45) is 0 Å². The minimum absolute atomic E-state index is 0. The van der Waals surface area contributed by atoms with Gasteiger partial charge < -0.3 is 9.84 Å². The first-order chi connectivity index (χ1) is 13.7. The van der Waals surface area contributed by atoms with Crippen molar-refractivity contribution in [1.82, 2.24) is 9.80 Å². The standard InChI is InChI=1S/C23H28N2O2S.ClH/c1-17(23(26)21-16-28-22-6-4-3-5-20(21)22)25-13-11-24(12-14-25)15-18-7-9-19(27-2)10-8-18;/h3-10,16-17,23,26H,11-15H2,1-2H3;1H. The molecular formula is C23H29ClN2O2S. The number of halogens is 1. The van der Waals surface area contributed by atoms with Crippen molar-refractivity contribution >= 4 is 33.8 Å². The smallest absolute Gasteiger partial charge is 0.118 e. The van der Waals surface area contributed by atoms with E-state index in [2.05, 4.69) is 52.4 Å². The largest absolute Gasteiger partial charge is 0.497 e. The molecule has 29 heavy (non-hydrogen) atoms. The van der Waals surface area contributed by atoms with Crippen molar-refractivity contribution in [3.8, 4) is 5.75 Å². The molecule has 1 aliphatic rings. The van der Waals surface area contributed by atoms with Crippen LogP contribution >= 0.6 is 23.7 Å². The predicted octanol–water partition coefficient (Wildman–Crippen LogP) is 4.57. The third-order valence-corrected chi connectivity index (χ3v) is 6.82. The molecule has 2 heterocycles. The van der Waals surface area contributed by atoms with Crippen LogP contribution in [-0.4, -0.2) is 54.2 Å². The molecule has 1 N–H and O–H groups in total. The molecule has 4 nitrogen and oxygen atoms in total. The summed E-state index contributed by atoms with van der Waals surface area (Å²) in [6.45, 7) is 7.12. The van der Waals surface area contributed by atoms with Gasteiger partial charge in [-0.15, -0.1) is 23.7 Å². The van der Waals surface area contributed by atoms with Crippen LogP contribution in [0.4, 0.5) is 0 Å². The molecule has 1 fully saturated rings. The Balaban J connectivity index is 0.00000240. The van der Waals surface area contributed by atoms with Crippen molar-refractivity contribution in [2.45, 2.75) is 25.6 Å². The molecular weight excluding hydrogens is 404 g/mol. The number of aliphatic hydroxyl groups is 1. The van der Waals surface area contributed by atoms with E-state index in [1.54, 1.807) is 18.4 Å². The fourth-order valence-corrected chi connectivity index (χ4v) is 5.00. The number of ether oxygens (including phenoxy) is 1. The zero-order chi connectivity index (χ0) is 19.5. The number of hydrogen-bond donors (Lipinski definition) is 1. The van der Waals surface area contributed by atoms with Crippen molar-refractivity contribution in [3.63, 3.8) is 0 Å². The highest BCUT2D eigenvalue weighted by molar-refractivity contribution is 7.17. The van der Waals surface area contributed by atoms with Gasteiger partial charge in [0.15, 0.2) is 0 Å². The lowest BCUT2D eigenvalue weighted by atomic mass is 10.0. The Hall–Kier alpha value is -1.63. The van der Waals surface area contributed by atoms with E-state index < -0.39 is 6.10 Å². The second-order valence-electron chi connectivity index (χ2n) is 7.53. The van der Waals surface area contributed by atoms with Crippen LogP contribution in [0.15, 0.2) is 53.9 Å². The second kappa shape index (κ2) is 9.92. The molecule has 1 aromatic heterocycles. The number of fused-ring (bicyclic) bond motifs is 1. The molecule has 3 aromatic rings. The van der Waals surface area contributed by atoms with Gasteiger partial charge in [-0.2, -0.15) is 0 Å². The SMILES string of the molecule is COc1ccc(CN2CCN(C(C)C(O)c3csc4ccccc34)CC2)cc1.Cl. The highest BCUT2D eigenvalue weighted by atomic mass is 35.5. The summed E-state index contributed by atoms with van der Waals surface area (Å²) in [5.41, 5.74) is 2.38. The Kier molecular flexibility index (Phi) is 7.55. The van der Waals surface area contributed by atoms with Crippen LogP contribution < -0.4 is 4.74 Å². The molecule has 2 aromatic carbocycles. The van der Waals surface area contributed by atoms with Gasteiger partial charge in [0.05, 0.1) is 13.2 Å². The number of piperazine rings is 1. The van der Waals surface area contributed by atoms with Crippen LogP contribution in [-0.2, 0) is 6.54 Å². The minimum Gasteiger partial charge on any atom is -0.497 e. The number of methoxy groups -OCH3 is 1. The van der Waals surface area contributed by atoms with E-state index in [1.807, 2.05) is 18.2 Å². The Bertz CT molecular complexity index is 907. The Morgan fingerprint density at radius 2 is 1.72 bits per heavy atom. The van der Waals surface area contributed by atoms with Crippen molar-refractivity contribution < 1.29 is 9.84 Å². The summed E-state index contributed by atoms with van der Waals surface area (Å²) in [6.07, 6.45) is -0.454. The van der Waals surface area contributed by atoms with Crippen LogP contribution in [0, 0.1) is 0 Å². The van der Waals surface area contributed by atoms with Gasteiger partial charge in [0.2, 0.25) is 0 Å². The van der Waals surface area contributed by atoms with Crippen molar-refractivity contribution in [1.29, 1.82) is 0 Å². The minimum atomic E-state index is -0.454. The summed E-state index contributed by atoms with van der Waals surface area (Å²) >= 11 is 1.71. The van der Waals surface area contributed by atoms with E-state index in [0.29, 0.717) is 0 Å². The first kappa shape index (κ1) is 22.1. The number of rotatable bonds is 6. The molecule has 0 bridgehead atoms. The summed E-state index contributed by atoms with van der Waals surface area (Å²) < 4.78 is 6.48. The molecule has 0 aliphatic carbocycles. The van der Waals surface area contributed by atoms with Gasteiger partial charge in [-0.3, -0.25) is 9.80 Å². The zero-order valence-electron chi connectivity index (χ0n) is 17.0. The van der Waals surface area contributed by atoms with E-state index >= 15 is 0 Å². The van der Waals surface area contributed by atoms with Crippen LogP contribution in [0.5, 0.6) is 5.75 Å². The van der Waals surface area contributed by atoms with E-state index in [1.165, 1.54) is 15.6 Å². The van der Waals surface area contributed by atoms with Crippen LogP contribution in [0.1, 0.15) is 24.2 Å². The maximum absolute atomic E-state index is 11.0. The van der Waals surface area contributed by atoms with Gasteiger partial charge in [-0.05, 0) is 41.5 Å². The number of benzene rings is 2. The van der Waals surface area contributed by atoms with E-state index in [0.717, 1.165) is 44.0 Å². The summed E-state index contributed by atoms with van der Waals surface area (Å²) in [5, 5.41) is 14.3. The molecule has 0 saturated carbocycles. The lowest BCUT2D eigenvalue weighted by Gasteiger charge is -2.39. The summed E-state index contributed by atoms with van der Waals surface area (Å²) in [5.74, 6) is 0.900. The molecule has 0 amide bonds. The first-order valence-corrected chi connectivity index (χ1v) is 10.8. The highest BCUT2D eigenvalue weighted by Crippen LogP contribution is 2.33. The fourth-order valence-electron chi connectivity index (χ4n) is 4.00. The summed E-state index contributed by atoms with van der Waals surface area (Å²) in [6, 6.07) is 16.8. The average Bonchev–Trinajstić information content (AvgIpc) is 3.18. The van der Waals surface area contributed by atoms with Crippen LogP contribution in [0.25, 0.3) is 10.1 Å². The van der Waals surface area contributed by atoms with Crippen LogP contribution in [0.2, 0.25) is 0 Å². The maximum Gasteiger partial charge on any atom is 0.118 e. The van der Waals surface area contributed by atoms with Crippen molar-refractivity contribution in [3.05, 3.63) is 65.0 Å². The monoisotopic (exact) mass is 432 g/mol. The van der Waals surface area contributed by atoms with Gasteiger partial charge in [-0.1, -0.05) is 30.3 Å². The molecule has 0 spiro atoms. The van der Waals surface area contributed by atoms with E-state index in [-0.39, 0.29) is 18.4 Å². The third kappa shape index (κ3) is 4.93. The molecule has 156 valence electrons. The predicted molar refractivity (Wildman–Crippen MR) is 123 cm³/mol. The normalized spacial score (nSPS) is 17.6. The fraction of sp³-hybridized carbons (Fsp3) is 0.391. The van der Waals surface area contributed by atoms with Gasteiger partial charge in [0, 0.05) is 49.0 Å². The molecule has 6 heteroatoms. The van der Waals surface area contributed by atoms with Crippen molar-refractivity contribution in [2.75, 3.05) is 33.3 Å². The Morgan fingerprint density at radius 3 is 2.41 bits per heavy atom. The molecule has 2 atom stereocenters. The Labute approximate surface area is 183 Å². The highest BCUT2D eigenvalue weighted by Gasteiger charge is 2.28. The lowest BCUT2D eigenvalue weighted by molar-refractivity contribution is 0.0252. The quantitative estimate of drug-likeness (QED) is 0.618. The number of aliphatic hydroxyl groups excluding tert-OH is 1. The van der Waals surface area contributed by atoms with Gasteiger partial charge in [0.25, 0.3) is 0 Å². The molecule has 1 aliphatic heterocycles. The second-order valence-corrected chi connectivity index (χ2v) is 8.44. The van der Waals surface area contributed by atoms with Gasteiger partial charge in [0.1, 0.15) is 5.75 Å². The lowest BCUT2D eigenvalue weighted by Crippen LogP contribution is -2.50. The van der Waals surface area contributed by atoms with Gasteiger partial charge >= 0.3 is 0 Å². The molecule has 1 saturated heterocycles. The molecule has 4 rings (SSSR count). The zero-order valence-corrected chi connectivity index (χ0v) is 18.6. The summed E-state index contributed by atoms with van der Waals surface area (Å²) in [4.78, 5) is 4.90. The van der Waals surface area contributed by atoms with Gasteiger partial charge in [-0.25, -0.2) is 0 Å². The average molecular weight is 433 g/mol. The summed E-state index contributed by atoms with van der Waals surface area (Å²) in [7, 11) is 1.70. The number of thiophene rings is 1. The van der Waals surface area contributed by atoms with E-state index in [4.69, 9.17) is 4.74 Å². The van der Waals surface area contributed by atoms with Crippen LogP contribution in [0.3, 0.4) is 0 Å². The first-order valence-electron chi connectivity index (χ1n) is 9.89. The third-order valence-electron chi connectivity index (χ3n) is 5.83. The topological polar surface area (TPSA) is 35.9 Å². The number of nitrogens with zero attached hydrogens (tertiary/aromatic N) is 2. The number of hydrogen-bond acceptors (Lipinski definition) is 5. The molecule has 2 unspecified atom stereocenters. The maximum atomic E-state index is 11.0. The Morgan fingerprint density at radius 1 is 1.03 bits per heavy atom. The van der Waals surface area contributed by atoms with E-state index in [9.17, 15) is 5.11 Å². The molecule has 0 radical (unpaired) electrons.